The van der Waals surface area contributed by atoms with Crippen molar-refractivity contribution in [3.8, 4) is 77.9 Å². The van der Waals surface area contributed by atoms with Crippen LogP contribution in [0.5, 0.6) is 0 Å². The molecule has 0 saturated heterocycles. The molecule has 0 unspecified atom stereocenters. The van der Waals surface area contributed by atoms with Crippen LogP contribution in [0.25, 0.3) is 77.9 Å². The first kappa shape index (κ1) is 38.9. The van der Waals surface area contributed by atoms with Gasteiger partial charge in [-0.15, -0.1) is 0 Å². The highest BCUT2D eigenvalue weighted by atomic mass is 15.1. The van der Waals surface area contributed by atoms with Gasteiger partial charge in [0.15, 0.2) is 0 Å². The van der Waals surface area contributed by atoms with Crippen molar-refractivity contribution in [2.45, 2.75) is 19.3 Å². The van der Waals surface area contributed by atoms with Crippen molar-refractivity contribution in [2.75, 3.05) is 4.90 Å². The Morgan fingerprint density at radius 2 is 0.703 bits per heavy atom. The predicted molar refractivity (Wildman–Crippen MR) is 271 cm³/mol. The fraction of sp³-hybridized carbons (Fsp3) is 0.0476. The summed E-state index contributed by atoms with van der Waals surface area (Å²) in [6.45, 7) is 4.73. The van der Waals surface area contributed by atoms with Crippen molar-refractivity contribution in [2.24, 2.45) is 0 Å². The Balaban J connectivity index is 1.17. The van der Waals surface area contributed by atoms with E-state index in [1.165, 1.54) is 89.0 Å². The molecule has 0 saturated carbocycles. The van der Waals surface area contributed by atoms with Gasteiger partial charge < -0.3 is 4.90 Å². The van der Waals surface area contributed by atoms with E-state index in [0.29, 0.717) is 0 Å². The molecular weight excluding hydrogens is 771 g/mol. The van der Waals surface area contributed by atoms with Crippen LogP contribution in [0.2, 0.25) is 0 Å². The molecule has 64 heavy (non-hydrogen) atoms. The average molecular weight is 818 g/mol. The number of fused-ring (bicyclic) bond motifs is 3. The van der Waals surface area contributed by atoms with Crippen LogP contribution in [0, 0.1) is 0 Å². The Hall–Kier alpha value is -8.00. The third kappa shape index (κ3) is 6.83. The lowest BCUT2D eigenvalue weighted by Gasteiger charge is -2.32. The number of nitrogens with zero attached hydrogens (tertiary/aromatic N) is 1. The van der Waals surface area contributed by atoms with E-state index in [1.807, 2.05) is 0 Å². The number of hydrogen-bond acceptors (Lipinski definition) is 1. The average Bonchev–Trinajstić information content (AvgIpc) is 3.61. The Labute approximate surface area is 377 Å². The zero-order valence-corrected chi connectivity index (χ0v) is 36.1. The van der Waals surface area contributed by atoms with Crippen molar-refractivity contribution in [3.05, 3.63) is 260 Å². The smallest absolute Gasteiger partial charge is 0.0546 e. The van der Waals surface area contributed by atoms with E-state index in [1.54, 1.807) is 0 Å². The molecule has 0 bridgehead atoms. The van der Waals surface area contributed by atoms with Gasteiger partial charge in [0.2, 0.25) is 0 Å². The highest BCUT2D eigenvalue weighted by Gasteiger charge is 2.37. The van der Waals surface area contributed by atoms with Crippen LogP contribution in [0.1, 0.15) is 25.0 Å². The Morgan fingerprint density at radius 1 is 0.266 bits per heavy atom. The SMILES string of the molecule is CC1(C)c2ccccc2-c2c(-c3ccccc3N(c3ccc(-c4cccc(-c5ccccc5)c4)cc3)c3cccc(-c4ccccc4)c3-c3ccccc3-c3ccccc3)cccc21. The van der Waals surface area contributed by atoms with Crippen LogP contribution >= 0.6 is 0 Å². The number of rotatable bonds is 9. The summed E-state index contributed by atoms with van der Waals surface area (Å²) in [6.07, 6.45) is 0. The van der Waals surface area contributed by atoms with Crippen molar-refractivity contribution >= 4 is 17.1 Å². The summed E-state index contributed by atoms with van der Waals surface area (Å²) in [5, 5.41) is 0. The van der Waals surface area contributed by atoms with Crippen LogP contribution in [-0.2, 0) is 5.41 Å². The number of hydrogen-bond donors (Lipinski definition) is 0. The molecule has 304 valence electrons. The molecule has 0 amide bonds. The highest BCUT2D eigenvalue weighted by Crippen LogP contribution is 2.55. The number of anilines is 3. The standard InChI is InChI=1S/C63H47N/c1-63(2)57-35-16-14-32-56(57)61-55(34-19-36-58(61)63)53-30-15-17-37-59(53)64(50-41-39-45(40-42-50)49-28-18-27-48(43-49)44-21-6-3-7-22-44)60-38-20-33-52(47-25-10-5-11-26-47)62(60)54-31-13-12-29-51(54)46-23-8-4-9-24-46/h3-43H,1-2H3. The Bertz CT molecular complexity index is 3270. The van der Waals surface area contributed by atoms with E-state index >= 15 is 0 Å². The minimum atomic E-state index is -0.122. The maximum absolute atomic E-state index is 2.51. The van der Waals surface area contributed by atoms with Gasteiger partial charge in [0.1, 0.15) is 0 Å². The second-order valence-electron chi connectivity index (χ2n) is 17.2. The molecule has 10 aromatic carbocycles. The Morgan fingerprint density at radius 3 is 1.39 bits per heavy atom. The molecule has 0 aromatic heterocycles. The van der Waals surface area contributed by atoms with Gasteiger partial charge in [-0.05, 0) is 108 Å². The quantitative estimate of drug-likeness (QED) is 0.140. The third-order valence-electron chi connectivity index (χ3n) is 13.1. The summed E-state index contributed by atoms with van der Waals surface area (Å²) >= 11 is 0. The topological polar surface area (TPSA) is 3.24 Å². The monoisotopic (exact) mass is 817 g/mol. The summed E-state index contributed by atoms with van der Waals surface area (Å²) < 4.78 is 0. The van der Waals surface area contributed by atoms with Crippen molar-refractivity contribution in [1.29, 1.82) is 0 Å². The van der Waals surface area contributed by atoms with E-state index in [9.17, 15) is 0 Å². The zero-order chi connectivity index (χ0) is 43.0. The molecule has 1 aliphatic rings. The molecule has 0 aliphatic heterocycles. The van der Waals surface area contributed by atoms with Gasteiger partial charge in [0.05, 0.1) is 11.4 Å². The van der Waals surface area contributed by atoms with Gasteiger partial charge in [0, 0.05) is 22.2 Å². The van der Waals surface area contributed by atoms with E-state index < -0.39 is 0 Å². The molecular formula is C63H47N. The molecule has 0 fully saturated rings. The van der Waals surface area contributed by atoms with E-state index in [0.717, 1.165) is 17.1 Å². The first-order valence-corrected chi connectivity index (χ1v) is 22.3. The van der Waals surface area contributed by atoms with Gasteiger partial charge >= 0.3 is 0 Å². The minimum absolute atomic E-state index is 0.122. The third-order valence-corrected chi connectivity index (χ3v) is 13.1. The lowest BCUT2D eigenvalue weighted by Crippen LogP contribution is -2.15. The predicted octanol–water partition coefficient (Wildman–Crippen LogP) is 17.5. The van der Waals surface area contributed by atoms with Gasteiger partial charge in [-0.25, -0.2) is 0 Å². The molecule has 0 atom stereocenters. The van der Waals surface area contributed by atoms with Crippen molar-refractivity contribution < 1.29 is 0 Å². The molecule has 1 aliphatic carbocycles. The Kier molecular flexibility index (Phi) is 9.94. The molecule has 11 rings (SSSR count). The fourth-order valence-electron chi connectivity index (χ4n) is 10.0. The molecule has 0 N–H and O–H groups in total. The lowest BCUT2D eigenvalue weighted by atomic mass is 9.82. The summed E-state index contributed by atoms with van der Waals surface area (Å²) in [7, 11) is 0. The molecule has 0 heterocycles. The van der Waals surface area contributed by atoms with Crippen molar-refractivity contribution in [1.82, 2.24) is 0 Å². The van der Waals surface area contributed by atoms with Gasteiger partial charge in [-0.1, -0.05) is 232 Å². The second-order valence-corrected chi connectivity index (χ2v) is 17.2. The molecule has 0 spiro atoms. The highest BCUT2D eigenvalue weighted by molar-refractivity contribution is 6.04. The maximum atomic E-state index is 2.51. The summed E-state index contributed by atoms with van der Waals surface area (Å²) in [5.74, 6) is 0. The number of benzene rings is 10. The number of para-hydroxylation sites is 1. The van der Waals surface area contributed by atoms with Crippen LogP contribution in [-0.4, -0.2) is 0 Å². The van der Waals surface area contributed by atoms with Gasteiger partial charge in [-0.2, -0.15) is 0 Å². The lowest BCUT2D eigenvalue weighted by molar-refractivity contribution is 0.660. The van der Waals surface area contributed by atoms with E-state index in [-0.39, 0.29) is 5.41 Å². The van der Waals surface area contributed by atoms with Gasteiger partial charge in [0.25, 0.3) is 0 Å². The first-order valence-electron chi connectivity index (χ1n) is 22.3. The largest absolute Gasteiger partial charge is 0.309 e. The summed E-state index contributed by atoms with van der Waals surface area (Å²) in [4.78, 5) is 2.51. The maximum Gasteiger partial charge on any atom is 0.0546 e. The molecule has 0 radical (unpaired) electrons. The van der Waals surface area contributed by atoms with Crippen LogP contribution in [0.15, 0.2) is 249 Å². The van der Waals surface area contributed by atoms with Crippen LogP contribution < -0.4 is 4.90 Å². The second kappa shape index (κ2) is 16.4. The normalized spacial score (nSPS) is 12.3. The van der Waals surface area contributed by atoms with E-state index in [4.69, 9.17) is 0 Å². The van der Waals surface area contributed by atoms with Gasteiger partial charge in [-0.3, -0.25) is 0 Å². The summed E-state index contributed by atoms with van der Waals surface area (Å²) in [5.41, 5.74) is 22.8. The van der Waals surface area contributed by atoms with Crippen molar-refractivity contribution in [3.63, 3.8) is 0 Å². The molecule has 1 nitrogen and oxygen atoms in total. The first-order chi connectivity index (χ1) is 31.5. The molecule has 1 heteroatoms. The summed E-state index contributed by atoms with van der Waals surface area (Å²) in [6, 6.07) is 90.9. The fourth-order valence-corrected chi connectivity index (χ4v) is 10.0. The minimum Gasteiger partial charge on any atom is -0.309 e. The van der Waals surface area contributed by atoms with Crippen LogP contribution in [0.4, 0.5) is 17.1 Å². The van der Waals surface area contributed by atoms with E-state index in [2.05, 4.69) is 267 Å². The van der Waals surface area contributed by atoms with Crippen LogP contribution in [0.3, 0.4) is 0 Å². The zero-order valence-electron chi connectivity index (χ0n) is 36.1. The molecule has 10 aromatic rings.